The lowest BCUT2D eigenvalue weighted by molar-refractivity contribution is 0.0693. The van der Waals surface area contributed by atoms with Crippen LogP contribution >= 0.6 is 0 Å². The third-order valence-electron chi connectivity index (χ3n) is 3.21. The van der Waals surface area contributed by atoms with E-state index in [9.17, 15) is 9.59 Å². The van der Waals surface area contributed by atoms with Crippen molar-refractivity contribution in [3.05, 3.63) is 33.2 Å². The van der Waals surface area contributed by atoms with Gasteiger partial charge < -0.3 is 10.1 Å². The van der Waals surface area contributed by atoms with Crippen LogP contribution in [0.3, 0.4) is 0 Å². The lowest BCUT2D eigenvalue weighted by Crippen LogP contribution is -2.22. The molecule has 1 fully saturated rings. The van der Waals surface area contributed by atoms with Crippen LogP contribution < -0.4 is 5.56 Å². The fourth-order valence-electron chi connectivity index (χ4n) is 2.49. The molecule has 1 aliphatic rings. The van der Waals surface area contributed by atoms with E-state index in [1.807, 2.05) is 0 Å². The van der Waals surface area contributed by atoms with Crippen LogP contribution in [-0.4, -0.2) is 16.1 Å². The van der Waals surface area contributed by atoms with Gasteiger partial charge in [-0.2, -0.15) is 0 Å². The predicted molar refractivity (Wildman–Crippen MR) is 60.0 cm³/mol. The summed E-state index contributed by atoms with van der Waals surface area (Å²) >= 11 is 0. The molecule has 0 radical (unpaired) electrons. The van der Waals surface area contributed by atoms with Crippen LogP contribution in [0.4, 0.5) is 0 Å². The van der Waals surface area contributed by atoms with Crippen molar-refractivity contribution in [2.75, 3.05) is 0 Å². The summed E-state index contributed by atoms with van der Waals surface area (Å²) in [4.78, 5) is 25.3. The number of carbonyl (C=O) groups is 1. The Morgan fingerprint density at radius 1 is 1.44 bits per heavy atom. The number of aromatic carboxylic acids is 1. The lowest BCUT2D eigenvalue weighted by Gasteiger charge is -2.12. The van der Waals surface area contributed by atoms with Gasteiger partial charge in [0, 0.05) is 5.69 Å². The van der Waals surface area contributed by atoms with Gasteiger partial charge in [0.05, 0.1) is 0 Å². The third-order valence-corrected chi connectivity index (χ3v) is 3.21. The molecule has 1 heterocycles. The zero-order valence-corrected chi connectivity index (χ0v) is 9.25. The number of aromatic nitrogens is 1. The SMILES string of the molecule is Cc1cc(C2CCCC2)c(C(=O)O)c(=O)[nH]1. The maximum Gasteiger partial charge on any atom is 0.341 e. The molecule has 1 aromatic rings. The van der Waals surface area contributed by atoms with Crippen molar-refractivity contribution in [2.24, 2.45) is 0 Å². The lowest BCUT2D eigenvalue weighted by atomic mass is 9.93. The molecule has 0 spiro atoms. The van der Waals surface area contributed by atoms with Gasteiger partial charge in [0.1, 0.15) is 5.56 Å². The predicted octanol–water partition coefficient (Wildman–Crippen LogP) is 2.04. The molecule has 1 aromatic heterocycles. The highest BCUT2D eigenvalue weighted by Crippen LogP contribution is 2.35. The molecule has 86 valence electrons. The van der Waals surface area contributed by atoms with Crippen LogP contribution in [0.5, 0.6) is 0 Å². The quantitative estimate of drug-likeness (QED) is 0.802. The number of hydrogen-bond donors (Lipinski definition) is 2. The molecule has 0 unspecified atom stereocenters. The number of carboxylic acid groups (broad SMARTS) is 1. The maximum absolute atomic E-state index is 11.6. The highest BCUT2D eigenvalue weighted by molar-refractivity contribution is 5.89. The van der Waals surface area contributed by atoms with Crippen molar-refractivity contribution < 1.29 is 9.90 Å². The first-order valence-electron chi connectivity index (χ1n) is 5.56. The first-order chi connectivity index (χ1) is 7.59. The average molecular weight is 221 g/mol. The maximum atomic E-state index is 11.6. The smallest absolute Gasteiger partial charge is 0.341 e. The molecular weight excluding hydrogens is 206 g/mol. The Kier molecular flexibility index (Phi) is 2.81. The second-order valence-electron chi connectivity index (χ2n) is 4.40. The first-order valence-corrected chi connectivity index (χ1v) is 5.56. The van der Waals surface area contributed by atoms with Crippen molar-refractivity contribution in [1.29, 1.82) is 0 Å². The second kappa shape index (κ2) is 4.12. The molecule has 4 heteroatoms. The van der Waals surface area contributed by atoms with E-state index in [-0.39, 0.29) is 11.5 Å². The Bertz CT molecular complexity index is 470. The zero-order valence-electron chi connectivity index (χ0n) is 9.25. The van der Waals surface area contributed by atoms with Crippen molar-refractivity contribution >= 4 is 5.97 Å². The van der Waals surface area contributed by atoms with Crippen LogP contribution in [0.25, 0.3) is 0 Å². The fraction of sp³-hybridized carbons (Fsp3) is 0.500. The summed E-state index contributed by atoms with van der Waals surface area (Å²) in [6, 6.07) is 1.81. The normalized spacial score (nSPS) is 16.6. The summed E-state index contributed by atoms with van der Waals surface area (Å²) in [5.41, 5.74) is 0.898. The van der Waals surface area contributed by atoms with Gasteiger partial charge in [-0.3, -0.25) is 4.79 Å². The molecule has 0 aliphatic heterocycles. The molecule has 1 aliphatic carbocycles. The Balaban J connectivity index is 2.56. The van der Waals surface area contributed by atoms with Crippen LogP contribution in [0, 0.1) is 6.92 Å². The molecule has 0 aromatic carbocycles. The van der Waals surface area contributed by atoms with Crippen LogP contribution in [0.1, 0.15) is 53.2 Å². The summed E-state index contributed by atoms with van der Waals surface area (Å²) < 4.78 is 0. The molecule has 0 atom stereocenters. The van der Waals surface area contributed by atoms with E-state index in [1.54, 1.807) is 13.0 Å². The molecule has 1 saturated carbocycles. The van der Waals surface area contributed by atoms with E-state index in [0.29, 0.717) is 5.56 Å². The fourth-order valence-corrected chi connectivity index (χ4v) is 2.49. The third kappa shape index (κ3) is 1.87. The van der Waals surface area contributed by atoms with Crippen molar-refractivity contribution in [3.8, 4) is 0 Å². The number of pyridine rings is 1. The topological polar surface area (TPSA) is 70.2 Å². The number of hydrogen-bond acceptors (Lipinski definition) is 2. The van der Waals surface area contributed by atoms with E-state index < -0.39 is 11.5 Å². The van der Waals surface area contributed by atoms with Gasteiger partial charge in [-0.1, -0.05) is 12.8 Å². The number of nitrogens with one attached hydrogen (secondary N) is 1. The standard InChI is InChI=1S/C12H15NO3/c1-7-6-9(8-4-2-3-5-8)10(12(15)16)11(14)13-7/h6,8H,2-5H2,1H3,(H,13,14)(H,15,16). The van der Waals surface area contributed by atoms with Crippen LogP contribution in [0.2, 0.25) is 0 Å². The van der Waals surface area contributed by atoms with Gasteiger partial charge in [-0.25, -0.2) is 4.79 Å². The monoisotopic (exact) mass is 221 g/mol. The molecule has 0 bridgehead atoms. The Labute approximate surface area is 93.3 Å². The van der Waals surface area contributed by atoms with Crippen molar-refractivity contribution in [1.82, 2.24) is 4.98 Å². The highest BCUT2D eigenvalue weighted by Gasteiger charge is 2.25. The molecule has 2 rings (SSSR count). The number of H-pyrrole nitrogens is 1. The summed E-state index contributed by atoms with van der Waals surface area (Å²) in [5.74, 6) is -0.879. The van der Waals surface area contributed by atoms with E-state index in [1.165, 1.54) is 0 Å². The minimum Gasteiger partial charge on any atom is -0.477 e. The van der Waals surface area contributed by atoms with Crippen LogP contribution in [0.15, 0.2) is 10.9 Å². The average Bonchev–Trinajstić information content (AvgIpc) is 2.67. The van der Waals surface area contributed by atoms with Crippen molar-refractivity contribution in [2.45, 2.75) is 38.5 Å². The largest absolute Gasteiger partial charge is 0.477 e. The van der Waals surface area contributed by atoms with Gasteiger partial charge in [0.2, 0.25) is 0 Å². The Morgan fingerprint density at radius 3 is 2.62 bits per heavy atom. The zero-order chi connectivity index (χ0) is 11.7. The van der Waals surface area contributed by atoms with Gasteiger partial charge in [-0.15, -0.1) is 0 Å². The second-order valence-corrected chi connectivity index (χ2v) is 4.40. The number of aromatic amines is 1. The summed E-state index contributed by atoms with van der Waals surface area (Å²) in [6.45, 7) is 1.78. The van der Waals surface area contributed by atoms with Crippen LogP contribution in [-0.2, 0) is 0 Å². The van der Waals surface area contributed by atoms with E-state index in [2.05, 4.69) is 4.98 Å². The minimum atomic E-state index is -1.12. The highest BCUT2D eigenvalue weighted by atomic mass is 16.4. The molecular formula is C12H15NO3. The Morgan fingerprint density at radius 2 is 2.06 bits per heavy atom. The number of carboxylic acids is 1. The first kappa shape index (κ1) is 10.9. The van der Waals surface area contributed by atoms with Gasteiger partial charge in [0.15, 0.2) is 0 Å². The number of aryl methyl sites for hydroxylation is 1. The van der Waals surface area contributed by atoms with E-state index in [4.69, 9.17) is 5.11 Å². The number of rotatable bonds is 2. The minimum absolute atomic E-state index is 0.0718. The molecule has 4 nitrogen and oxygen atoms in total. The molecule has 16 heavy (non-hydrogen) atoms. The van der Waals surface area contributed by atoms with E-state index >= 15 is 0 Å². The summed E-state index contributed by atoms with van der Waals surface area (Å²) in [7, 11) is 0. The van der Waals surface area contributed by atoms with E-state index in [0.717, 1.165) is 31.4 Å². The summed E-state index contributed by atoms with van der Waals surface area (Å²) in [5, 5.41) is 9.08. The molecule has 0 saturated heterocycles. The van der Waals surface area contributed by atoms with Gasteiger partial charge >= 0.3 is 5.97 Å². The molecule has 2 N–H and O–H groups in total. The Hall–Kier alpha value is -1.58. The van der Waals surface area contributed by atoms with Crippen molar-refractivity contribution in [3.63, 3.8) is 0 Å². The summed E-state index contributed by atoms with van der Waals surface area (Å²) in [6.07, 6.45) is 4.22. The van der Waals surface area contributed by atoms with Gasteiger partial charge in [-0.05, 0) is 37.3 Å². The molecule has 0 amide bonds. The van der Waals surface area contributed by atoms with Gasteiger partial charge in [0.25, 0.3) is 5.56 Å².